The molecule has 0 N–H and O–H groups in total. The first-order valence-electron chi connectivity index (χ1n) is 5.08. The van der Waals surface area contributed by atoms with Gasteiger partial charge >= 0.3 is 0 Å². The number of rotatable bonds is 1. The van der Waals surface area contributed by atoms with E-state index in [1.165, 1.54) is 6.07 Å². The maximum atomic E-state index is 13.8. The molecule has 2 nitrogen and oxygen atoms in total. The Kier molecular flexibility index (Phi) is 2.52. The molecule has 1 aliphatic heterocycles. The Hall–Kier alpha value is -0.930. The van der Waals surface area contributed by atoms with E-state index in [9.17, 15) is 4.39 Å². The van der Waals surface area contributed by atoms with Gasteiger partial charge in [0.05, 0.1) is 13.2 Å². The average Bonchev–Trinajstić information content (AvgIpc) is 2.60. The molecule has 2 rings (SSSR count). The molecule has 1 aromatic carbocycles. The Labute approximate surface area is 89.0 Å². The third kappa shape index (κ3) is 1.77. The molecule has 0 unspecified atom stereocenters. The Bertz CT molecular complexity index is 381. The summed E-state index contributed by atoms with van der Waals surface area (Å²) < 4.78 is 24.6. The van der Waals surface area contributed by atoms with E-state index < -0.39 is 5.79 Å². The molecule has 0 amide bonds. The van der Waals surface area contributed by atoms with E-state index in [0.717, 1.165) is 11.1 Å². The first-order valence-corrected chi connectivity index (χ1v) is 5.08. The zero-order chi connectivity index (χ0) is 11.1. The Morgan fingerprint density at radius 3 is 2.27 bits per heavy atom. The molecule has 0 aromatic heterocycles. The number of ether oxygens (including phenoxy) is 2. The first-order chi connectivity index (χ1) is 7.03. The monoisotopic (exact) mass is 210 g/mol. The quantitative estimate of drug-likeness (QED) is 0.709. The van der Waals surface area contributed by atoms with Crippen molar-refractivity contribution in [1.82, 2.24) is 0 Å². The van der Waals surface area contributed by atoms with Crippen LogP contribution in [0, 0.1) is 19.7 Å². The van der Waals surface area contributed by atoms with E-state index in [0.29, 0.717) is 18.8 Å². The fraction of sp³-hybridized carbons (Fsp3) is 0.500. The maximum absolute atomic E-state index is 13.8. The van der Waals surface area contributed by atoms with Crippen molar-refractivity contribution >= 4 is 0 Å². The van der Waals surface area contributed by atoms with Crippen LogP contribution in [0.1, 0.15) is 23.6 Å². The van der Waals surface area contributed by atoms with Gasteiger partial charge in [-0.1, -0.05) is 0 Å². The van der Waals surface area contributed by atoms with Gasteiger partial charge in [-0.05, 0) is 44.0 Å². The van der Waals surface area contributed by atoms with Crippen molar-refractivity contribution in [3.63, 3.8) is 0 Å². The first kappa shape index (κ1) is 10.6. The largest absolute Gasteiger partial charge is 0.344 e. The van der Waals surface area contributed by atoms with Gasteiger partial charge in [-0.2, -0.15) is 0 Å². The van der Waals surface area contributed by atoms with E-state index in [-0.39, 0.29) is 5.82 Å². The van der Waals surface area contributed by atoms with Crippen molar-refractivity contribution < 1.29 is 13.9 Å². The Balaban J connectivity index is 2.48. The highest BCUT2D eigenvalue weighted by molar-refractivity contribution is 5.33. The van der Waals surface area contributed by atoms with Crippen LogP contribution in [0.4, 0.5) is 4.39 Å². The summed E-state index contributed by atoms with van der Waals surface area (Å²) in [5.41, 5.74) is 2.48. The minimum atomic E-state index is -0.914. The molecule has 0 saturated carbocycles. The summed E-state index contributed by atoms with van der Waals surface area (Å²) in [5, 5.41) is 0. The van der Waals surface area contributed by atoms with Gasteiger partial charge in [0, 0.05) is 5.56 Å². The van der Waals surface area contributed by atoms with E-state index in [1.807, 2.05) is 13.8 Å². The van der Waals surface area contributed by atoms with Gasteiger partial charge in [0.15, 0.2) is 5.79 Å². The molecule has 0 aliphatic carbocycles. The van der Waals surface area contributed by atoms with Crippen LogP contribution in [0.3, 0.4) is 0 Å². The third-order valence-corrected chi connectivity index (χ3v) is 2.91. The molecule has 1 saturated heterocycles. The van der Waals surface area contributed by atoms with Crippen LogP contribution in [0.25, 0.3) is 0 Å². The summed E-state index contributed by atoms with van der Waals surface area (Å²) in [6.45, 7) is 6.64. The van der Waals surface area contributed by atoms with Gasteiger partial charge in [-0.25, -0.2) is 4.39 Å². The molecule has 15 heavy (non-hydrogen) atoms. The minimum absolute atomic E-state index is 0.262. The molecule has 1 heterocycles. The van der Waals surface area contributed by atoms with Crippen LogP contribution in [-0.2, 0) is 15.3 Å². The summed E-state index contributed by atoms with van der Waals surface area (Å²) in [7, 11) is 0. The summed E-state index contributed by atoms with van der Waals surface area (Å²) in [5.74, 6) is -1.18. The van der Waals surface area contributed by atoms with Gasteiger partial charge in [-0.15, -0.1) is 0 Å². The van der Waals surface area contributed by atoms with Crippen molar-refractivity contribution in [3.8, 4) is 0 Å². The second-order valence-corrected chi connectivity index (χ2v) is 4.06. The lowest BCUT2D eigenvalue weighted by Crippen LogP contribution is -2.24. The fourth-order valence-electron chi connectivity index (χ4n) is 1.80. The molecular weight excluding hydrogens is 195 g/mol. The predicted molar refractivity (Wildman–Crippen MR) is 55.1 cm³/mol. The van der Waals surface area contributed by atoms with E-state index in [1.54, 1.807) is 13.0 Å². The highest BCUT2D eigenvalue weighted by Gasteiger charge is 2.35. The van der Waals surface area contributed by atoms with Crippen molar-refractivity contribution in [2.45, 2.75) is 26.6 Å². The number of benzene rings is 1. The van der Waals surface area contributed by atoms with Gasteiger partial charge in [-0.3, -0.25) is 0 Å². The highest BCUT2D eigenvalue weighted by atomic mass is 19.1. The molecule has 82 valence electrons. The molecular formula is C12H15FO2. The van der Waals surface area contributed by atoms with Crippen LogP contribution >= 0.6 is 0 Å². The average molecular weight is 210 g/mol. The van der Waals surface area contributed by atoms with E-state index in [2.05, 4.69) is 0 Å². The molecule has 0 bridgehead atoms. The molecule has 1 aliphatic rings. The van der Waals surface area contributed by atoms with Crippen LogP contribution in [0.15, 0.2) is 12.1 Å². The van der Waals surface area contributed by atoms with Crippen molar-refractivity contribution in [2.24, 2.45) is 0 Å². The number of aryl methyl sites for hydroxylation is 2. The third-order valence-electron chi connectivity index (χ3n) is 2.91. The lowest BCUT2D eigenvalue weighted by Gasteiger charge is -2.24. The molecule has 0 spiro atoms. The summed E-state index contributed by atoms with van der Waals surface area (Å²) in [4.78, 5) is 0. The Morgan fingerprint density at radius 2 is 1.67 bits per heavy atom. The lowest BCUT2D eigenvalue weighted by atomic mass is 10.0. The second-order valence-electron chi connectivity index (χ2n) is 4.06. The van der Waals surface area contributed by atoms with Crippen molar-refractivity contribution in [3.05, 3.63) is 34.6 Å². The molecule has 1 aromatic rings. The Morgan fingerprint density at radius 1 is 1.13 bits per heavy atom. The number of hydrogen-bond donors (Lipinski definition) is 0. The fourth-order valence-corrected chi connectivity index (χ4v) is 1.80. The smallest absolute Gasteiger partial charge is 0.194 e. The summed E-state index contributed by atoms with van der Waals surface area (Å²) in [6.07, 6.45) is 0. The van der Waals surface area contributed by atoms with Gasteiger partial charge < -0.3 is 9.47 Å². The van der Waals surface area contributed by atoms with E-state index >= 15 is 0 Å². The van der Waals surface area contributed by atoms with Crippen molar-refractivity contribution in [1.29, 1.82) is 0 Å². The topological polar surface area (TPSA) is 18.5 Å². The van der Waals surface area contributed by atoms with Crippen LogP contribution in [-0.4, -0.2) is 13.2 Å². The van der Waals surface area contributed by atoms with Crippen molar-refractivity contribution in [2.75, 3.05) is 13.2 Å². The molecule has 3 heteroatoms. The predicted octanol–water partition coefficient (Wildman–Crippen LogP) is 2.66. The van der Waals surface area contributed by atoms with Crippen LogP contribution < -0.4 is 0 Å². The van der Waals surface area contributed by atoms with Gasteiger partial charge in [0.1, 0.15) is 5.82 Å². The molecule has 1 fully saturated rings. The second kappa shape index (κ2) is 3.58. The molecule has 0 atom stereocenters. The van der Waals surface area contributed by atoms with Gasteiger partial charge in [0.2, 0.25) is 0 Å². The standard InChI is InChI=1S/C12H15FO2/c1-8-6-10(11(13)7-9(8)2)12(3)14-4-5-15-12/h6-7H,4-5H2,1-3H3. The summed E-state index contributed by atoms with van der Waals surface area (Å²) >= 11 is 0. The maximum Gasteiger partial charge on any atom is 0.194 e. The zero-order valence-corrected chi connectivity index (χ0v) is 9.26. The zero-order valence-electron chi connectivity index (χ0n) is 9.26. The van der Waals surface area contributed by atoms with Crippen LogP contribution in [0.5, 0.6) is 0 Å². The minimum Gasteiger partial charge on any atom is -0.344 e. The lowest BCUT2D eigenvalue weighted by molar-refractivity contribution is -0.151. The van der Waals surface area contributed by atoms with Crippen LogP contribution in [0.2, 0.25) is 0 Å². The normalized spacial score (nSPS) is 19.5. The number of hydrogen-bond acceptors (Lipinski definition) is 2. The number of halogens is 1. The molecule has 0 radical (unpaired) electrons. The highest BCUT2D eigenvalue weighted by Crippen LogP contribution is 2.33. The van der Waals surface area contributed by atoms with E-state index in [4.69, 9.17) is 9.47 Å². The SMILES string of the molecule is Cc1cc(F)c(C2(C)OCCO2)cc1C. The summed E-state index contributed by atoms with van der Waals surface area (Å²) in [6, 6.07) is 3.33. The van der Waals surface area contributed by atoms with Gasteiger partial charge in [0.25, 0.3) is 0 Å².